The third kappa shape index (κ3) is 18.4. The number of ether oxygens (including phenoxy) is 4. The SMILES string of the molecule is C=C=C=C=C=C=C=C=C=C=C=C=C=C=C=C=C=C=C=C=C=C=C=C=C=C=C=C=C=C=C=C=C=C=C=C(N1C(=O)C=CC1=O)N1C(=O)c2ccc(C(=O)Oc3ccc(C(=O)Oc4ccc(OC(=O)c5ccc(OC(=O)c6ccc7c(c6)C(=O)N(CN6C(=O)C=CC6=O)C7=O)cc5)cc4C)cc3)cc2C1=O. The minimum atomic E-state index is -1.04. The summed E-state index contributed by atoms with van der Waals surface area (Å²) in [6.07, 6.45) is 3.85. The van der Waals surface area contributed by atoms with Crippen molar-refractivity contribution in [1.29, 1.82) is 0 Å². The molecule has 0 aromatic heterocycles. The summed E-state index contributed by atoms with van der Waals surface area (Å²) in [5.41, 5.74) is 82.9. The van der Waals surface area contributed by atoms with Gasteiger partial charge in [-0.05, 0) is 220 Å². The average Bonchev–Trinajstić information content (AvgIpc) is 1.54. The number of hydrogen-bond donors (Lipinski definition) is 0. The predicted octanol–water partition coefficient (Wildman–Crippen LogP) is 9.62. The van der Waals surface area contributed by atoms with E-state index in [4.69, 9.17) is 18.9 Å². The Morgan fingerprint density at radius 1 is 0.317 bits per heavy atom. The first-order valence-electron chi connectivity index (χ1n) is 29.0. The standard InChI is InChI=1S/C84H28N4O16/c1-3-4-5-6-7-8-9-10-11-12-13-14-15-16-17-18-19-20-21-22-23-24-25-26-27-28-29-30-31-32-33-34-35-36-72(87-75(91)53-54-76(87)92)88-79(95)68-49-42-63(57-70(68)80(88)96)84(100)102-65-45-39-61(40-46-65)82(98)104-71-50-47-66(55-59(71)2)103-81(97)60-37-43-64(44-38-60)101-83(99)62-41-48-67-69(56-62)78(94)86(77(67)93)58-85-73(89)51-52-74(85)90/h37-57H,1,58H2,2H3. The molecule has 5 aromatic carbocycles. The van der Waals surface area contributed by atoms with Crippen molar-refractivity contribution in [3.8, 4) is 23.0 Å². The van der Waals surface area contributed by atoms with Gasteiger partial charge in [0.1, 0.15) is 29.7 Å². The van der Waals surface area contributed by atoms with Gasteiger partial charge in [-0.3, -0.25) is 48.2 Å². The number of amides is 8. The van der Waals surface area contributed by atoms with Crippen LogP contribution in [-0.4, -0.2) is 97.4 Å². The Morgan fingerprint density at radius 2 is 0.635 bits per heavy atom. The Bertz CT molecular complexity index is 6370. The van der Waals surface area contributed by atoms with Crippen LogP contribution in [0.2, 0.25) is 0 Å². The van der Waals surface area contributed by atoms with E-state index in [0.717, 1.165) is 41.3 Å². The van der Waals surface area contributed by atoms with Crippen molar-refractivity contribution in [3.05, 3.63) is 385 Å². The van der Waals surface area contributed by atoms with Crippen molar-refractivity contribution in [3.63, 3.8) is 0 Å². The van der Waals surface area contributed by atoms with E-state index in [1.807, 2.05) is 0 Å². The average molecular weight is 1350 g/mol. The number of nitrogens with zero attached hydrogens (tertiary/aromatic N) is 4. The maximum atomic E-state index is 13.9. The van der Waals surface area contributed by atoms with E-state index in [2.05, 4.69) is 201 Å². The fourth-order valence-electron chi connectivity index (χ4n) is 8.48. The van der Waals surface area contributed by atoms with E-state index in [1.54, 1.807) is 6.92 Å². The van der Waals surface area contributed by atoms with Crippen LogP contribution in [0.15, 0.2) is 335 Å². The second-order valence-electron chi connectivity index (χ2n) is 19.6. The molecular formula is C84H28N4O16. The lowest BCUT2D eigenvalue weighted by atomic mass is 10.1. The van der Waals surface area contributed by atoms with E-state index in [1.165, 1.54) is 91.0 Å². The highest BCUT2D eigenvalue weighted by Gasteiger charge is 2.44. The molecule has 0 bridgehead atoms. The summed E-state index contributed by atoms with van der Waals surface area (Å²) in [5, 5.41) is 0. The van der Waals surface area contributed by atoms with Crippen LogP contribution in [0.5, 0.6) is 23.0 Å². The van der Waals surface area contributed by atoms with Crippen LogP contribution in [0, 0.1) is 6.92 Å². The van der Waals surface area contributed by atoms with Gasteiger partial charge in [0.05, 0.1) is 44.5 Å². The lowest BCUT2D eigenvalue weighted by Gasteiger charge is -2.22. The molecule has 20 heteroatoms. The van der Waals surface area contributed by atoms with Crippen LogP contribution < -0.4 is 18.9 Å². The third-order valence-electron chi connectivity index (χ3n) is 13.1. The van der Waals surface area contributed by atoms with E-state index in [-0.39, 0.29) is 67.5 Å². The number of benzene rings is 5. The highest BCUT2D eigenvalue weighted by molar-refractivity contribution is 6.25. The molecule has 0 saturated heterocycles. The fourth-order valence-corrected chi connectivity index (χ4v) is 8.48. The van der Waals surface area contributed by atoms with Crippen LogP contribution in [0.4, 0.5) is 0 Å². The van der Waals surface area contributed by atoms with Crippen molar-refractivity contribution in [2.75, 3.05) is 6.67 Å². The molecule has 0 fully saturated rings. The number of rotatable bonds is 12. The van der Waals surface area contributed by atoms with E-state index in [9.17, 15) is 57.5 Å². The first kappa shape index (κ1) is 70.6. The molecule has 20 nitrogen and oxygen atoms in total. The van der Waals surface area contributed by atoms with Gasteiger partial charge in [0.15, 0.2) is 5.82 Å². The van der Waals surface area contributed by atoms with E-state index >= 15 is 0 Å². The summed E-state index contributed by atoms with van der Waals surface area (Å²) in [6.45, 7) is 4.30. The summed E-state index contributed by atoms with van der Waals surface area (Å²) in [6, 6.07) is 21.9. The molecule has 0 saturated carbocycles. The second kappa shape index (κ2) is 34.6. The normalized spacial score (nSPS) is 11.2. The van der Waals surface area contributed by atoms with Gasteiger partial charge in [0.2, 0.25) is 0 Å². The molecule has 0 unspecified atom stereocenters. The van der Waals surface area contributed by atoms with Crippen molar-refractivity contribution in [1.82, 2.24) is 19.6 Å². The van der Waals surface area contributed by atoms with Gasteiger partial charge < -0.3 is 18.9 Å². The van der Waals surface area contributed by atoms with E-state index in [0.29, 0.717) is 20.3 Å². The molecule has 8 amide bonds. The molecule has 4 aliphatic heterocycles. The molecule has 9 rings (SSSR count). The fraction of sp³-hybridized carbons (Fsp3) is 0.0238. The number of carbonyl (C=O) groups is 12. The number of carbonyl (C=O) groups excluding carboxylic acids is 12. The first-order valence-corrected chi connectivity index (χ1v) is 29.0. The van der Waals surface area contributed by atoms with Crippen LogP contribution in [0.1, 0.15) is 88.4 Å². The summed E-state index contributed by atoms with van der Waals surface area (Å²) < 4.78 is 22.0. The predicted molar refractivity (Wildman–Crippen MR) is 353 cm³/mol. The number of fused-ring (bicyclic) bond motifs is 2. The molecule has 104 heavy (non-hydrogen) atoms. The first-order chi connectivity index (χ1) is 50.5. The zero-order valence-electron chi connectivity index (χ0n) is 52.9. The summed E-state index contributed by atoms with van der Waals surface area (Å²) in [7, 11) is 0. The largest absolute Gasteiger partial charge is 0.423 e. The monoisotopic (exact) mass is 1350 g/mol. The molecule has 0 atom stereocenters. The minimum absolute atomic E-state index is 0.0142. The number of hydrogen-bond acceptors (Lipinski definition) is 16. The Hall–Kier alpha value is -17.7. The number of imide groups is 4. The molecule has 0 radical (unpaired) electrons. The molecule has 0 aliphatic carbocycles. The number of esters is 4. The quantitative estimate of drug-likeness (QED) is 0.0487. The van der Waals surface area contributed by atoms with Gasteiger partial charge in [-0.1, -0.05) is 5.73 Å². The van der Waals surface area contributed by atoms with Crippen molar-refractivity contribution >= 4 is 71.1 Å². The van der Waals surface area contributed by atoms with Crippen molar-refractivity contribution in [2.24, 2.45) is 0 Å². The maximum absolute atomic E-state index is 13.9. The highest BCUT2D eigenvalue weighted by Crippen LogP contribution is 2.32. The van der Waals surface area contributed by atoms with Gasteiger partial charge in [-0.25, -0.2) is 29.0 Å². The Kier molecular flexibility index (Phi) is 23.5. The van der Waals surface area contributed by atoms with Crippen molar-refractivity contribution in [2.45, 2.75) is 6.92 Å². The topological polar surface area (TPSA) is 255 Å². The molecule has 480 valence electrons. The smallest absolute Gasteiger partial charge is 0.343 e. The molecular weight excluding hydrogens is 1320 g/mol. The summed E-state index contributed by atoms with van der Waals surface area (Å²) in [5.74, 6) is -10.8. The Labute approximate surface area is 585 Å². The van der Waals surface area contributed by atoms with Gasteiger partial charge in [0.25, 0.3) is 47.3 Å². The van der Waals surface area contributed by atoms with Crippen LogP contribution in [0.25, 0.3) is 0 Å². The zero-order valence-corrected chi connectivity index (χ0v) is 52.9. The van der Waals surface area contributed by atoms with Crippen molar-refractivity contribution < 1.29 is 76.5 Å². The van der Waals surface area contributed by atoms with Gasteiger partial charge in [-0.15, -0.1) is 0 Å². The second-order valence-corrected chi connectivity index (χ2v) is 19.6. The lowest BCUT2D eigenvalue weighted by Crippen LogP contribution is -2.43. The maximum Gasteiger partial charge on any atom is 0.343 e. The molecule has 4 aliphatic rings. The molecule has 5 aromatic rings. The van der Waals surface area contributed by atoms with Crippen LogP contribution >= 0.6 is 0 Å². The van der Waals surface area contributed by atoms with Gasteiger partial charge in [-0.2, -0.15) is 0 Å². The van der Waals surface area contributed by atoms with Crippen LogP contribution in [0.3, 0.4) is 0 Å². The highest BCUT2D eigenvalue weighted by atomic mass is 16.5. The van der Waals surface area contributed by atoms with Gasteiger partial charge in [0, 0.05) is 116 Å². The molecule has 4 heterocycles. The minimum Gasteiger partial charge on any atom is -0.423 e. The zero-order chi connectivity index (χ0) is 73.7. The lowest BCUT2D eigenvalue weighted by molar-refractivity contribution is -0.138. The van der Waals surface area contributed by atoms with Crippen LogP contribution in [-0.2, 0) is 19.2 Å². The summed E-state index contributed by atoms with van der Waals surface area (Å²) in [4.78, 5) is 159. The van der Waals surface area contributed by atoms with E-state index < -0.39 is 83.6 Å². The summed E-state index contributed by atoms with van der Waals surface area (Å²) >= 11 is 0. The molecule has 0 N–H and O–H groups in total. The number of aryl methyl sites for hydroxylation is 1. The molecule has 0 spiro atoms. The van der Waals surface area contributed by atoms with Gasteiger partial charge >= 0.3 is 23.9 Å². The Morgan fingerprint density at radius 3 is 1.05 bits per heavy atom. The Balaban J connectivity index is 0.792. The third-order valence-corrected chi connectivity index (χ3v) is 13.1.